The third kappa shape index (κ3) is 2.93. The van der Waals surface area contributed by atoms with Crippen LogP contribution >= 0.6 is 0 Å². The van der Waals surface area contributed by atoms with Gasteiger partial charge in [0, 0.05) is 30.9 Å². The van der Waals surface area contributed by atoms with Crippen LogP contribution in [-0.2, 0) is 10.0 Å². The molecule has 0 atom stereocenters. The number of nitrogens with zero attached hydrogens (tertiary/aromatic N) is 2. The number of hydrogen-bond donors (Lipinski definition) is 2. The third-order valence-electron chi connectivity index (χ3n) is 3.95. The van der Waals surface area contributed by atoms with E-state index in [1.54, 1.807) is 30.5 Å². The van der Waals surface area contributed by atoms with E-state index in [0.717, 1.165) is 32.2 Å². The number of aromatic nitrogens is 2. The van der Waals surface area contributed by atoms with Gasteiger partial charge in [-0.2, -0.15) is 4.31 Å². The molecule has 2 heterocycles. The minimum absolute atomic E-state index is 0.0672. The van der Waals surface area contributed by atoms with Gasteiger partial charge in [0.25, 0.3) is 0 Å². The first-order valence-corrected chi connectivity index (χ1v) is 8.99. The van der Waals surface area contributed by atoms with Crippen LogP contribution in [-0.4, -0.2) is 48.0 Å². The second kappa shape index (κ2) is 6.35. The van der Waals surface area contributed by atoms with Crippen LogP contribution in [0.2, 0.25) is 0 Å². The van der Waals surface area contributed by atoms with E-state index < -0.39 is 10.0 Å². The van der Waals surface area contributed by atoms with Gasteiger partial charge in [-0.15, -0.1) is 0 Å². The molecule has 3 rings (SSSR count). The van der Waals surface area contributed by atoms with Crippen molar-refractivity contribution in [2.75, 3.05) is 20.2 Å². The van der Waals surface area contributed by atoms with Gasteiger partial charge in [-0.1, -0.05) is 12.1 Å². The van der Waals surface area contributed by atoms with Gasteiger partial charge in [-0.05, 0) is 42.3 Å². The predicted octanol–water partition coefficient (Wildman–Crippen LogP) is 2.15. The lowest BCUT2D eigenvalue weighted by Crippen LogP contribution is -2.29. The maximum Gasteiger partial charge on any atom is 0.242 e. The second-order valence-electron chi connectivity index (χ2n) is 5.65. The summed E-state index contributed by atoms with van der Waals surface area (Å²) in [6.45, 7) is 1.82. The molecule has 0 aliphatic rings. The molecule has 2 N–H and O–H groups in total. The van der Waals surface area contributed by atoms with Crippen LogP contribution in [0.3, 0.4) is 0 Å². The Labute approximate surface area is 140 Å². The van der Waals surface area contributed by atoms with Gasteiger partial charge in [0.05, 0.1) is 11.5 Å². The van der Waals surface area contributed by atoms with Crippen molar-refractivity contribution in [3.8, 4) is 11.1 Å². The Morgan fingerprint density at radius 2 is 1.92 bits per heavy atom. The number of sulfonamides is 1. The van der Waals surface area contributed by atoms with Crippen molar-refractivity contribution in [1.29, 1.82) is 0 Å². The van der Waals surface area contributed by atoms with Crippen LogP contribution in [0.15, 0.2) is 47.5 Å². The molecule has 2 aromatic heterocycles. The van der Waals surface area contributed by atoms with E-state index in [0.29, 0.717) is 0 Å². The molecule has 0 radical (unpaired) electrons. The number of pyridine rings is 1. The largest absolute Gasteiger partial charge is 0.395 e. The molecule has 0 saturated carbocycles. The van der Waals surface area contributed by atoms with Gasteiger partial charge in [-0.3, -0.25) is 0 Å². The van der Waals surface area contributed by atoms with Crippen LogP contribution in [0, 0.1) is 6.92 Å². The second-order valence-corrected chi connectivity index (χ2v) is 7.69. The number of H-pyrrole nitrogens is 1. The molecule has 6 nitrogen and oxygen atoms in total. The molecular formula is C17H19N3O3S. The molecule has 1 aromatic carbocycles. The average Bonchev–Trinajstić information content (AvgIpc) is 2.95. The summed E-state index contributed by atoms with van der Waals surface area (Å²) in [5, 5.41) is 9.93. The van der Waals surface area contributed by atoms with Crippen molar-refractivity contribution in [2.24, 2.45) is 0 Å². The molecule has 0 unspecified atom stereocenters. The van der Waals surface area contributed by atoms with Gasteiger partial charge in [-0.25, -0.2) is 13.4 Å². The summed E-state index contributed by atoms with van der Waals surface area (Å²) in [5.74, 6) is 0. The van der Waals surface area contributed by atoms with Crippen LogP contribution < -0.4 is 0 Å². The molecule has 0 saturated heterocycles. The summed E-state index contributed by atoms with van der Waals surface area (Å²) in [4.78, 5) is 7.71. The zero-order valence-corrected chi connectivity index (χ0v) is 14.3. The zero-order chi connectivity index (χ0) is 17.3. The van der Waals surface area contributed by atoms with Crippen molar-refractivity contribution >= 4 is 21.1 Å². The highest BCUT2D eigenvalue weighted by molar-refractivity contribution is 7.89. The molecule has 0 amide bonds. The van der Waals surface area contributed by atoms with E-state index in [2.05, 4.69) is 9.97 Å². The number of aliphatic hydroxyl groups is 1. The van der Waals surface area contributed by atoms with Crippen molar-refractivity contribution in [3.05, 3.63) is 48.3 Å². The maximum atomic E-state index is 12.4. The summed E-state index contributed by atoms with van der Waals surface area (Å²) in [5.41, 5.74) is 3.75. The van der Waals surface area contributed by atoms with Crippen LogP contribution in [0.4, 0.5) is 0 Å². The Hall–Kier alpha value is -2.22. The fourth-order valence-electron chi connectivity index (χ4n) is 2.66. The number of benzene rings is 1. The van der Waals surface area contributed by atoms with E-state index in [1.165, 1.54) is 7.05 Å². The molecule has 0 aliphatic carbocycles. The minimum atomic E-state index is -3.58. The van der Waals surface area contributed by atoms with E-state index in [-0.39, 0.29) is 18.0 Å². The molecule has 0 bridgehead atoms. The lowest BCUT2D eigenvalue weighted by molar-refractivity contribution is 0.266. The Kier molecular flexibility index (Phi) is 4.40. The maximum absolute atomic E-state index is 12.4. The molecule has 7 heteroatoms. The topological polar surface area (TPSA) is 86.3 Å². The molecule has 3 aromatic rings. The Morgan fingerprint density at radius 1 is 1.21 bits per heavy atom. The standard InChI is InChI=1S/C17H19N3O3S/c1-12-11-16-15(7-8-18-17(16)19-12)13-3-5-14(6-4-13)24(22,23)20(2)9-10-21/h3-8,11,21H,9-10H2,1-2H3,(H,18,19). The first-order chi connectivity index (χ1) is 11.4. The molecule has 24 heavy (non-hydrogen) atoms. The van der Waals surface area contributed by atoms with E-state index >= 15 is 0 Å². The van der Waals surface area contributed by atoms with Gasteiger partial charge >= 0.3 is 0 Å². The van der Waals surface area contributed by atoms with Crippen molar-refractivity contribution in [1.82, 2.24) is 14.3 Å². The number of likely N-dealkylation sites (N-methyl/N-ethyl adjacent to an activating group) is 1. The number of rotatable bonds is 5. The first kappa shape index (κ1) is 16.6. The summed E-state index contributed by atoms with van der Waals surface area (Å²) < 4.78 is 25.9. The highest BCUT2D eigenvalue weighted by Gasteiger charge is 2.20. The number of fused-ring (bicyclic) bond motifs is 1. The highest BCUT2D eigenvalue weighted by atomic mass is 32.2. The van der Waals surface area contributed by atoms with E-state index in [1.807, 2.05) is 19.1 Å². The Balaban J connectivity index is 2.00. The quantitative estimate of drug-likeness (QED) is 0.742. The number of aliphatic hydroxyl groups excluding tert-OH is 1. The fourth-order valence-corrected chi connectivity index (χ4v) is 3.82. The lowest BCUT2D eigenvalue weighted by Gasteiger charge is -2.16. The number of aryl methyl sites for hydroxylation is 1. The monoisotopic (exact) mass is 345 g/mol. The average molecular weight is 345 g/mol. The summed E-state index contributed by atoms with van der Waals surface area (Å²) in [6, 6.07) is 10.7. The summed E-state index contributed by atoms with van der Waals surface area (Å²) in [6.07, 6.45) is 1.73. The third-order valence-corrected chi connectivity index (χ3v) is 5.83. The normalized spacial score (nSPS) is 12.2. The number of hydrogen-bond acceptors (Lipinski definition) is 4. The number of nitrogens with one attached hydrogen (secondary N) is 1. The fraction of sp³-hybridized carbons (Fsp3) is 0.235. The van der Waals surface area contributed by atoms with Gasteiger partial charge in [0.15, 0.2) is 0 Å². The van der Waals surface area contributed by atoms with Crippen molar-refractivity contribution in [2.45, 2.75) is 11.8 Å². The van der Waals surface area contributed by atoms with Crippen LogP contribution in [0.5, 0.6) is 0 Å². The predicted molar refractivity (Wildman–Crippen MR) is 93.2 cm³/mol. The van der Waals surface area contributed by atoms with Crippen molar-refractivity contribution < 1.29 is 13.5 Å². The zero-order valence-electron chi connectivity index (χ0n) is 13.5. The smallest absolute Gasteiger partial charge is 0.242 e. The Morgan fingerprint density at radius 3 is 2.58 bits per heavy atom. The highest BCUT2D eigenvalue weighted by Crippen LogP contribution is 2.29. The Bertz CT molecular complexity index is 962. The summed E-state index contributed by atoms with van der Waals surface area (Å²) >= 11 is 0. The lowest BCUT2D eigenvalue weighted by atomic mass is 10.0. The molecule has 0 aliphatic heterocycles. The van der Waals surface area contributed by atoms with E-state index in [4.69, 9.17) is 5.11 Å². The molecule has 126 valence electrons. The number of aromatic amines is 1. The van der Waals surface area contributed by atoms with Crippen LogP contribution in [0.1, 0.15) is 5.69 Å². The first-order valence-electron chi connectivity index (χ1n) is 7.55. The van der Waals surface area contributed by atoms with Gasteiger partial charge < -0.3 is 10.1 Å². The van der Waals surface area contributed by atoms with Crippen LogP contribution in [0.25, 0.3) is 22.2 Å². The van der Waals surface area contributed by atoms with Crippen molar-refractivity contribution in [3.63, 3.8) is 0 Å². The molecule has 0 spiro atoms. The van der Waals surface area contributed by atoms with Gasteiger partial charge in [0.2, 0.25) is 10.0 Å². The van der Waals surface area contributed by atoms with Gasteiger partial charge in [0.1, 0.15) is 5.65 Å². The minimum Gasteiger partial charge on any atom is -0.395 e. The SMILES string of the molecule is Cc1cc2c(-c3ccc(S(=O)(=O)N(C)CCO)cc3)ccnc2[nH]1. The van der Waals surface area contributed by atoms with E-state index in [9.17, 15) is 8.42 Å². The summed E-state index contributed by atoms with van der Waals surface area (Å²) in [7, 11) is -2.13. The molecule has 0 fully saturated rings. The molecular weight excluding hydrogens is 326 g/mol.